The van der Waals surface area contributed by atoms with E-state index in [1.54, 1.807) is 0 Å². The van der Waals surface area contributed by atoms with Crippen LogP contribution in [0.1, 0.15) is 17.7 Å². The first-order chi connectivity index (χ1) is 11.2. The van der Waals surface area contributed by atoms with E-state index in [0.717, 1.165) is 55.8 Å². The third-order valence-electron chi connectivity index (χ3n) is 4.11. The molecule has 0 unspecified atom stereocenters. The Morgan fingerprint density at radius 2 is 2.17 bits per heavy atom. The number of benzene rings is 1. The molecule has 1 aliphatic heterocycles. The fourth-order valence-electron chi connectivity index (χ4n) is 2.80. The summed E-state index contributed by atoms with van der Waals surface area (Å²) in [6.07, 6.45) is 1.21. The Morgan fingerprint density at radius 3 is 3.00 bits per heavy atom. The van der Waals surface area contributed by atoms with Gasteiger partial charge in [0, 0.05) is 25.0 Å². The number of hydrogen-bond acceptors (Lipinski definition) is 5. The minimum atomic E-state index is -0.0105. The predicted octanol–water partition coefficient (Wildman–Crippen LogP) is 1.52. The van der Waals surface area contributed by atoms with Crippen LogP contribution in [0.2, 0.25) is 0 Å². The highest BCUT2D eigenvalue weighted by atomic mass is 16.5. The molecule has 124 valence electrons. The highest BCUT2D eigenvalue weighted by molar-refractivity contribution is 5.86. The van der Waals surface area contributed by atoms with Crippen molar-refractivity contribution in [2.75, 3.05) is 39.4 Å². The second-order valence-electron chi connectivity index (χ2n) is 5.96. The van der Waals surface area contributed by atoms with Gasteiger partial charge < -0.3 is 14.6 Å². The number of carbonyl (C=O) groups excluding carboxylic acids is 1. The summed E-state index contributed by atoms with van der Waals surface area (Å²) >= 11 is 0. The summed E-state index contributed by atoms with van der Waals surface area (Å²) in [5, 5.41) is 7.91. The minimum absolute atomic E-state index is 0.0105. The molecule has 1 N–H and O–H groups in total. The van der Waals surface area contributed by atoms with Gasteiger partial charge in [-0.3, -0.25) is 9.69 Å². The largest absolute Gasteiger partial charge is 0.379 e. The zero-order chi connectivity index (χ0) is 16.1. The van der Waals surface area contributed by atoms with Gasteiger partial charge >= 0.3 is 0 Å². The van der Waals surface area contributed by atoms with Crippen molar-refractivity contribution in [2.45, 2.75) is 19.8 Å². The Morgan fingerprint density at radius 1 is 1.35 bits per heavy atom. The zero-order valence-electron chi connectivity index (χ0n) is 13.5. The molecule has 0 spiro atoms. The summed E-state index contributed by atoms with van der Waals surface area (Å²) < 4.78 is 10.6. The Bertz CT molecular complexity index is 662. The number of rotatable bonds is 6. The lowest BCUT2D eigenvalue weighted by Gasteiger charge is -2.26. The van der Waals surface area contributed by atoms with Gasteiger partial charge in [-0.05, 0) is 32.0 Å². The Balaban J connectivity index is 1.44. The van der Waals surface area contributed by atoms with E-state index in [0.29, 0.717) is 12.2 Å². The lowest BCUT2D eigenvalue weighted by molar-refractivity contribution is -0.120. The lowest BCUT2D eigenvalue weighted by Crippen LogP contribution is -2.38. The quantitative estimate of drug-likeness (QED) is 0.818. The number of fused-ring (bicyclic) bond motifs is 1. The number of aryl methyl sites for hydroxylation is 1. The Hall–Kier alpha value is -1.92. The van der Waals surface area contributed by atoms with Crippen LogP contribution in [-0.2, 0) is 16.0 Å². The number of ether oxygens (including phenoxy) is 1. The highest BCUT2D eigenvalue weighted by Crippen LogP contribution is 2.20. The first-order valence-corrected chi connectivity index (χ1v) is 8.14. The number of nitrogens with zero attached hydrogens (tertiary/aromatic N) is 2. The van der Waals surface area contributed by atoms with Crippen molar-refractivity contribution in [3.05, 3.63) is 29.5 Å². The van der Waals surface area contributed by atoms with Gasteiger partial charge in [0.2, 0.25) is 5.91 Å². The van der Waals surface area contributed by atoms with Crippen molar-refractivity contribution in [1.29, 1.82) is 0 Å². The van der Waals surface area contributed by atoms with Crippen molar-refractivity contribution < 1.29 is 14.1 Å². The molecule has 1 aliphatic rings. The Kier molecular flexibility index (Phi) is 5.25. The van der Waals surface area contributed by atoms with E-state index in [2.05, 4.69) is 15.4 Å². The molecule has 0 atom stereocenters. The van der Waals surface area contributed by atoms with Crippen LogP contribution < -0.4 is 5.32 Å². The first kappa shape index (κ1) is 16.0. The van der Waals surface area contributed by atoms with Crippen LogP contribution in [0.25, 0.3) is 11.0 Å². The molecule has 1 aromatic heterocycles. The number of aromatic nitrogens is 1. The molecule has 0 radical (unpaired) electrons. The molecule has 0 saturated carbocycles. The highest BCUT2D eigenvalue weighted by Gasteiger charge is 2.13. The van der Waals surface area contributed by atoms with Gasteiger partial charge in [-0.15, -0.1) is 0 Å². The fourth-order valence-corrected chi connectivity index (χ4v) is 2.80. The van der Waals surface area contributed by atoms with Crippen molar-refractivity contribution in [3.8, 4) is 0 Å². The molecule has 3 rings (SSSR count). The van der Waals surface area contributed by atoms with Crippen LogP contribution >= 0.6 is 0 Å². The van der Waals surface area contributed by atoms with Crippen LogP contribution in [-0.4, -0.2) is 55.4 Å². The van der Waals surface area contributed by atoms with E-state index in [9.17, 15) is 4.79 Å². The molecule has 2 heterocycles. The fraction of sp³-hybridized carbons (Fsp3) is 0.529. The van der Waals surface area contributed by atoms with Crippen molar-refractivity contribution in [3.63, 3.8) is 0 Å². The summed E-state index contributed by atoms with van der Waals surface area (Å²) in [5.74, 6) is -0.0105. The SMILES string of the molecule is Cc1ccc2onc(CC(=O)NCCCN3CCOCC3)c2c1. The number of hydrogen-bond donors (Lipinski definition) is 1. The average Bonchev–Trinajstić information content (AvgIpc) is 2.95. The zero-order valence-corrected chi connectivity index (χ0v) is 13.5. The van der Waals surface area contributed by atoms with Gasteiger partial charge in [-0.2, -0.15) is 0 Å². The summed E-state index contributed by atoms with van der Waals surface area (Å²) in [6.45, 7) is 7.29. The molecule has 0 bridgehead atoms. The lowest BCUT2D eigenvalue weighted by atomic mass is 10.1. The van der Waals surface area contributed by atoms with Crippen LogP contribution in [0, 0.1) is 6.92 Å². The summed E-state index contributed by atoms with van der Waals surface area (Å²) in [4.78, 5) is 14.4. The molecule has 23 heavy (non-hydrogen) atoms. The molecule has 6 heteroatoms. The number of nitrogens with one attached hydrogen (secondary N) is 1. The van der Waals surface area contributed by atoms with E-state index in [-0.39, 0.29) is 12.3 Å². The van der Waals surface area contributed by atoms with Gasteiger partial charge in [0.1, 0.15) is 5.69 Å². The topological polar surface area (TPSA) is 67.6 Å². The maximum absolute atomic E-state index is 12.1. The third kappa shape index (κ3) is 4.30. The maximum atomic E-state index is 12.1. The number of carbonyl (C=O) groups is 1. The number of amides is 1. The maximum Gasteiger partial charge on any atom is 0.226 e. The molecule has 6 nitrogen and oxygen atoms in total. The van der Waals surface area contributed by atoms with Crippen LogP contribution in [0.5, 0.6) is 0 Å². The molecular weight excluding hydrogens is 294 g/mol. The third-order valence-corrected chi connectivity index (χ3v) is 4.11. The van der Waals surface area contributed by atoms with E-state index >= 15 is 0 Å². The normalized spacial score (nSPS) is 15.9. The monoisotopic (exact) mass is 317 g/mol. The minimum Gasteiger partial charge on any atom is -0.379 e. The van der Waals surface area contributed by atoms with Crippen LogP contribution in [0.4, 0.5) is 0 Å². The van der Waals surface area contributed by atoms with Crippen molar-refractivity contribution in [2.24, 2.45) is 0 Å². The van der Waals surface area contributed by atoms with Crippen LogP contribution in [0.3, 0.4) is 0 Å². The molecule has 0 aliphatic carbocycles. The van der Waals surface area contributed by atoms with Gasteiger partial charge in [0.05, 0.1) is 19.6 Å². The second-order valence-corrected chi connectivity index (χ2v) is 5.96. The van der Waals surface area contributed by atoms with Gasteiger partial charge in [0.15, 0.2) is 5.58 Å². The Labute approximate surface area is 135 Å². The van der Waals surface area contributed by atoms with Gasteiger partial charge in [0.25, 0.3) is 0 Å². The van der Waals surface area contributed by atoms with E-state index in [1.165, 1.54) is 0 Å². The predicted molar refractivity (Wildman–Crippen MR) is 87.3 cm³/mol. The van der Waals surface area contributed by atoms with Crippen molar-refractivity contribution >= 4 is 16.9 Å². The molecular formula is C17H23N3O3. The summed E-state index contributed by atoms with van der Waals surface area (Å²) in [7, 11) is 0. The first-order valence-electron chi connectivity index (χ1n) is 8.14. The molecule has 1 aromatic carbocycles. The van der Waals surface area contributed by atoms with E-state index in [1.807, 2.05) is 25.1 Å². The number of morpholine rings is 1. The van der Waals surface area contributed by atoms with E-state index in [4.69, 9.17) is 9.26 Å². The smallest absolute Gasteiger partial charge is 0.226 e. The summed E-state index contributed by atoms with van der Waals surface area (Å²) in [6, 6.07) is 5.87. The molecule has 1 saturated heterocycles. The van der Waals surface area contributed by atoms with Gasteiger partial charge in [-0.25, -0.2) is 0 Å². The molecule has 1 fully saturated rings. The second kappa shape index (κ2) is 7.57. The standard InChI is InChI=1S/C17H23N3O3/c1-13-3-4-16-14(11-13)15(19-23-16)12-17(21)18-5-2-6-20-7-9-22-10-8-20/h3-4,11H,2,5-10,12H2,1H3,(H,18,21). The van der Waals surface area contributed by atoms with E-state index < -0.39 is 0 Å². The van der Waals surface area contributed by atoms with Gasteiger partial charge in [-0.1, -0.05) is 16.8 Å². The van der Waals surface area contributed by atoms with Crippen molar-refractivity contribution in [1.82, 2.24) is 15.4 Å². The summed E-state index contributed by atoms with van der Waals surface area (Å²) in [5.41, 5.74) is 2.56. The molecule has 2 aromatic rings. The molecule has 1 amide bonds. The average molecular weight is 317 g/mol. The van der Waals surface area contributed by atoms with Crippen LogP contribution in [0.15, 0.2) is 22.7 Å².